The number of hydrogen-bond acceptors (Lipinski definition) is 9. The van der Waals surface area contributed by atoms with E-state index in [1.165, 1.54) is 12.1 Å². The number of hydrogen-bond donors (Lipinski definition) is 3. The summed E-state index contributed by atoms with van der Waals surface area (Å²) in [7, 11) is 0. The van der Waals surface area contributed by atoms with Crippen LogP contribution in [0.4, 0.5) is 13.2 Å². The maximum atomic E-state index is 14.0. The van der Waals surface area contributed by atoms with Gasteiger partial charge in [-0.25, -0.2) is 0 Å². The van der Waals surface area contributed by atoms with E-state index in [1.54, 1.807) is 36.4 Å². The quantitative estimate of drug-likeness (QED) is 0.286. The number of alkyl halides is 3. The first-order chi connectivity index (χ1) is 19.7. The zero-order chi connectivity index (χ0) is 28.7. The minimum Gasteiger partial charge on any atom is -0.491 e. The number of carboxylic acids is 1. The lowest BCUT2D eigenvalue weighted by atomic mass is 9.85. The molecule has 2 aliphatic rings. The summed E-state index contributed by atoms with van der Waals surface area (Å²) in [5.74, 6) is -2.04. The molecule has 2 aromatic carbocycles. The first-order valence-corrected chi connectivity index (χ1v) is 13.1. The Morgan fingerprint density at radius 3 is 2.59 bits per heavy atom. The lowest BCUT2D eigenvalue weighted by Gasteiger charge is -2.36. The Labute approximate surface area is 231 Å². The van der Waals surface area contributed by atoms with Crippen molar-refractivity contribution >= 4 is 5.97 Å². The van der Waals surface area contributed by atoms with Gasteiger partial charge in [-0.05, 0) is 25.3 Å². The number of carbonyl (C=O) groups is 1. The molecular formula is C28H25F3N4O6. The van der Waals surface area contributed by atoms with Gasteiger partial charge in [0.1, 0.15) is 29.7 Å². The zero-order valence-corrected chi connectivity index (χ0v) is 21.5. The van der Waals surface area contributed by atoms with Gasteiger partial charge >= 0.3 is 12.1 Å². The fourth-order valence-corrected chi connectivity index (χ4v) is 5.46. The van der Waals surface area contributed by atoms with Crippen molar-refractivity contribution in [1.29, 1.82) is 0 Å². The van der Waals surface area contributed by atoms with E-state index >= 15 is 0 Å². The van der Waals surface area contributed by atoms with E-state index < -0.39 is 47.4 Å². The molecule has 0 radical (unpaired) electrons. The Balaban J connectivity index is 1.22. The first kappa shape index (κ1) is 27.0. The molecule has 1 aliphatic heterocycles. The number of benzene rings is 2. The molecule has 0 unspecified atom stereocenters. The van der Waals surface area contributed by atoms with Crippen LogP contribution >= 0.6 is 0 Å². The maximum absolute atomic E-state index is 14.0. The number of ether oxygens (including phenoxy) is 1. The molecule has 10 nitrogen and oxygen atoms in total. The largest absolute Gasteiger partial charge is 0.491 e. The number of aliphatic hydroxyl groups is 1. The summed E-state index contributed by atoms with van der Waals surface area (Å²) in [6.07, 6.45) is -2.99. The van der Waals surface area contributed by atoms with Gasteiger partial charge in [-0.3, -0.25) is 4.79 Å². The van der Waals surface area contributed by atoms with E-state index in [-0.39, 0.29) is 29.7 Å². The molecular weight excluding hydrogens is 545 g/mol. The smallest absolute Gasteiger partial charge is 0.422 e. The Kier molecular flexibility index (Phi) is 6.99. The van der Waals surface area contributed by atoms with Crippen molar-refractivity contribution in [2.45, 2.75) is 50.0 Å². The number of aliphatic carboxylic acids is 1. The van der Waals surface area contributed by atoms with Crippen LogP contribution in [0.3, 0.4) is 0 Å². The second-order valence-corrected chi connectivity index (χ2v) is 10.2. The summed E-state index contributed by atoms with van der Waals surface area (Å²) < 4.78 is 58.2. The molecule has 0 amide bonds. The summed E-state index contributed by atoms with van der Waals surface area (Å²) >= 11 is 0. The van der Waals surface area contributed by atoms with Gasteiger partial charge in [-0.15, -0.1) is 0 Å². The molecule has 4 aromatic rings. The highest BCUT2D eigenvalue weighted by atomic mass is 19.4. The first-order valence-electron chi connectivity index (χ1n) is 13.1. The van der Waals surface area contributed by atoms with Crippen LogP contribution in [0.5, 0.6) is 5.75 Å². The number of rotatable bonds is 6. The van der Waals surface area contributed by atoms with Crippen LogP contribution in [0.1, 0.15) is 42.9 Å². The van der Waals surface area contributed by atoms with Crippen LogP contribution in [0.2, 0.25) is 0 Å². The molecule has 13 heteroatoms. The summed E-state index contributed by atoms with van der Waals surface area (Å²) in [6.45, 7) is 0.138. The molecule has 41 heavy (non-hydrogen) atoms. The van der Waals surface area contributed by atoms with Gasteiger partial charge in [-0.1, -0.05) is 59.2 Å². The predicted octanol–water partition coefficient (Wildman–Crippen LogP) is 5.10. The second kappa shape index (κ2) is 10.6. The van der Waals surface area contributed by atoms with E-state index in [9.17, 15) is 28.2 Å². The maximum Gasteiger partial charge on any atom is 0.422 e. The standard InChI is InChI=1S/C28H25F3N4O6/c29-28(30,31)21-22(14-5-2-1-3-6-14)34-40-24(21)26-33-25(35-41-26)15-9-10-18-20(12-15)39-13-19(23(18)36)32-17-8-4-7-16(11-17)27(37)38/h1-3,5-6,9-10,12,16-17,19,23,32,36H,4,7-8,11,13H2,(H,37,38)/t16-,17+,19+,23-/m0/s1. The fraction of sp³-hybridized carbons (Fsp3) is 0.357. The third-order valence-electron chi connectivity index (χ3n) is 7.51. The van der Waals surface area contributed by atoms with E-state index in [1.807, 2.05) is 0 Å². The third-order valence-corrected chi connectivity index (χ3v) is 7.51. The van der Waals surface area contributed by atoms with Gasteiger partial charge in [0.15, 0.2) is 0 Å². The second-order valence-electron chi connectivity index (χ2n) is 10.2. The van der Waals surface area contributed by atoms with Crippen LogP contribution in [0.15, 0.2) is 57.6 Å². The topological polar surface area (TPSA) is 144 Å². The minimum absolute atomic E-state index is 0.00570. The molecule has 0 spiro atoms. The van der Waals surface area contributed by atoms with E-state index in [2.05, 4.69) is 20.6 Å². The highest BCUT2D eigenvalue weighted by Crippen LogP contribution is 2.43. The number of aliphatic hydroxyl groups excluding tert-OH is 1. The molecule has 6 rings (SSSR count). The Bertz CT molecular complexity index is 1550. The Morgan fingerprint density at radius 1 is 1.02 bits per heavy atom. The molecule has 2 aromatic heterocycles. The van der Waals surface area contributed by atoms with Crippen molar-refractivity contribution in [2.24, 2.45) is 5.92 Å². The number of fused-ring (bicyclic) bond motifs is 1. The number of nitrogens with zero attached hydrogens (tertiary/aromatic N) is 3. The van der Waals surface area contributed by atoms with Gasteiger partial charge in [-0.2, -0.15) is 18.2 Å². The van der Waals surface area contributed by atoms with Gasteiger partial charge in [0.05, 0.1) is 12.0 Å². The number of aromatic nitrogens is 3. The van der Waals surface area contributed by atoms with Crippen molar-refractivity contribution in [3.63, 3.8) is 0 Å². The molecule has 4 atom stereocenters. The molecule has 3 heterocycles. The number of nitrogens with one attached hydrogen (secondary N) is 1. The zero-order valence-electron chi connectivity index (χ0n) is 21.5. The monoisotopic (exact) mass is 570 g/mol. The minimum atomic E-state index is -4.80. The lowest BCUT2D eigenvalue weighted by molar-refractivity contribution is -0.143. The van der Waals surface area contributed by atoms with Crippen molar-refractivity contribution in [1.82, 2.24) is 20.6 Å². The van der Waals surface area contributed by atoms with Crippen molar-refractivity contribution < 1.29 is 42.0 Å². The Hall–Kier alpha value is -4.23. The van der Waals surface area contributed by atoms with Crippen LogP contribution in [-0.4, -0.2) is 50.2 Å². The number of carboxylic acid groups (broad SMARTS) is 1. The van der Waals surface area contributed by atoms with E-state index in [4.69, 9.17) is 13.8 Å². The lowest BCUT2D eigenvalue weighted by Crippen LogP contribution is -2.49. The van der Waals surface area contributed by atoms with Gasteiger partial charge < -0.3 is 29.3 Å². The average Bonchev–Trinajstić information content (AvgIpc) is 3.63. The summed E-state index contributed by atoms with van der Waals surface area (Å²) in [6, 6.07) is 12.1. The third kappa shape index (κ3) is 5.30. The summed E-state index contributed by atoms with van der Waals surface area (Å²) in [4.78, 5) is 15.5. The molecule has 0 bridgehead atoms. The van der Waals surface area contributed by atoms with Gasteiger partial charge in [0, 0.05) is 22.7 Å². The van der Waals surface area contributed by atoms with Crippen LogP contribution in [0, 0.1) is 5.92 Å². The van der Waals surface area contributed by atoms with Gasteiger partial charge in [0.25, 0.3) is 5.89 Å². The van der Waals surface area contributed by atoms with Crippen molar-refractivity contribution in [3.05, 3.63) is 59.7 Å². The van der Waals surface area contributed by atoms with Crippen molar-refractivity contribution in [3.8, 4) is 40.0 Å². The average molecular weight is 571 g/mol. The molecule has 1 fully saturated rings. The van der Waals surface area contributed by atoms with E-state index in [0.717, 1.165) is 12.8 Å². The fourth-order valence-electron chi connectivity index (χ4n) is 5.46. The summed E-state index contributed by atoms with van der Waals surface area (Å²) in [5, 5.41) is 31.2. The van der Waals surface area contributed by atoms with Crippen LogP contribution < -0.4 is 10.1 Å². The highest BCUT2D eigenvalue weighted by molar-refractivity contribution is 5.71. The molecule has 214 valence electrons. The van der Waals surface area contributed by atoms with Gasteiger partial charge in [0.2, 0.25) is 11.6 Å². The van der Waals surface area contributed by atoms with Crippen LogP contribution in [-0.2, 0) is 11.0 Å². The van der Waals surface area contributed by atoms with Crippen molar-refractivity contribution in [2.75, 3.05) is 6.61 Å². The predicted molar refractivity (Wildman–Crippen MR) is 136 cm³/mol. The molecule has 3 N–H and O–H groups in total. The highest BCUT2D eigenvalue weighted by Gasteiger charge is 2.43. The van der Waals surface area contributed by atoms with E-state index in [0.29, 0.717) is 29.7 Å². The normalized spacial score (nSPS) is 22.6. The molecule has 1 aliphatic carbocycles. The van der Waals surface area contributed by atoms with Crippen LogP contribution in [0.25, 0.3) is 34.3 Å². The summed E-state index contributed by atoms with van der Waals surface area (Å²) in [5.41, 5.74) is -0.391. The molecule has 1 saturated carbocycles. The Morgan fingerprint density at radius 2 is 1.83 bits per heavy atom. The molecule has 0 saturated heterocycles. The number of halogens is 3. The SMILES string of the molecule is O=C(O)[C@H]1CCC[C@@H](N[C@@H]2COc3cc(-c4noc(-c5onc(-c6ccccc6)c5C(F)(F)F)n4)ccc3[C@@H]2O)C1.